The summed E-state index contributed by atoms with van der Waals surface area (Å²) >= 11 is 6.04. The third-order valence-electron chi connectivity index (χ3n) is 3.98. The molecule has 1 aliphatic heterocycles. The van der Waals surface area contributed by atoms with E-state index >= 15 is 0 Å². The summed E-state index contributed by atoms with van der Waals surface area (Å²) in [6.07, 6.45) is 2.55. The van der Waals surface area contributed by atoms with E-state index in [0.717, 1.165) is 61.0 Å². The highest BCUT2D eigenvalue weighted by atomic mass is 35.5. The Labute approximate surface area is 135 Å². The summed E-state index contributed by atoms with van der Waals surface area (Å²) < 4.78 is 0. The molecule has 1 aromatic carbocycles. The Morgan fingerprint density at radius 2 is 2.27 bits per heavy atom. The molecule has 0 saturated carbocycles. The highest BCUT2D eigenvalue weighted by molar-refractivity contribution is 6.30. The van der Waals surface area contributed by atoms with Crippen LogP contribution in [0.15, 0.2) is 29.1 Å². The van der Waals surface area contributed by atoms with E-state index in [9.17, 15) is 4.79 Å². The number of aromatic amines is 1. The molecule has 0 bridgehead atoms. The van der Waals surface area contributed by atoms with Crippen LogP contribution < -0.4 is 5.56 Å². The van der Waals surface area contributed by atoms with E-state index in [4.69, 9.17) is 11.6 Å². The van der Waals surface area contributed by atoms with Gasteiger partial charge in [-0.3, -0.25) is 9.69 Å². The lowest BCUT2D eigenvalue weighted by Gasteiger charge is -2.27. The second-order valence-electron chi connectivity index (χ2n) is 5.78. The van der Waals surface area contributed by atoms with E-state index in [1.54, 1.807) is 0 Å². The van der Waals surface area contributed by atoms with Crippen molar-refractivity contribution in [2.45, 2.75) is 39.3 Å². The minimum atomic E-state index is 0.0378. The highest BCUT2D eigenvalue weighted by Gasteiger charge is 2.21. The minimum absolute atomic E-state index is 0.0378. The molecule has 0 aliphatic carbocycles. The molecule has 2 aromatic rings. The van der Waals surface area contributed by atoms with Crippen molar-refractivity contribution < 1.29 is 0 Å². The molecule has 0 atom stereocenters. The van der Waals surface area contributed by atoms with Gasteiger partial charge in [-0.05, 0) is 30.5 Å². The van der Waals surface area contributed by atoms with Crippen LogP contribution in [0.25, 0.3) is 0 Å². The van der Waals surface area contributed by atoms with Crippen LogP contribution in [0, 0.1) is 0 Å². The molecule has 2 heterocycles. The van der Waals surface area contributed by atoms with Crippen LogP contribution in [0.1, 0.15) is 36.0 Å². The number of fused-ring (bicyclic) bond motifs is 1. The molecule has 0 unspecified atom stereocenters. The third kappa shape index (κ3) is 3.39. The minimum Gasteiger partial charge on any atom is -0.310 e. The zero-order valence-electron chi connectivity index (χ0n) is 12.7. The van der Waals surface area contributed by atoms with Gasteiger partial charge in [0.2, 0.25) is 0 Å². The van der Waals surface area contributed by atoms with Crippen LogP contribution in [0.5, 0.6) is 0 Å². The predicted molar refractivity (Wildman–Crippen MR) is 88.1 cm³/mol. The molecule has 116 valence electrons. The second kappa shape index (κ2) is 6.63. The molecular weight excluding hydrogens is 298 g/mol. The zero-order valence-corrected chi connectivity index (χ0v) is 13.5. The Morgan fingerprint density at radius 1 is 1.41 bits per heavy atom. The second-order valence-corrected chi connectivity index (χ2v) is 6.21. The number of nitrogens with zero attached hydrogens (tertiary/aromatic N) is 2. The summed E-state index contributed by atoms with van der Waals surface area (Å²) in [6.45, 7) is 4.52. The van der Waals surface area contributed by atoms with Crippen molar-refractivity contribution in [3.8, 4) is 0 Å². The number of aromatic nitrogens is 2. The molecular formula is C17H20ClN3O. The van der Waals surface area contributed by atoms with Crippen molar-refractivity contribution in [1.82, 2.24) is 14.9 Å². The fraction of sp³-hybridized carbons (Fsp3) is 0.412. The molecule has 22 heavy (non-hydrogen) atoms. The molecule has 1 aliphatic rings. The fourth-order valence-corrected chi connectivity index (χ4v) is 3.14. The number of rotatable bonds is 4. The summed E-state index contributed by atoms with van der Waals surface area (Å²) in [6, 6.07) is 7.92. The van der Waals surface area contributed by atoms with Crippen molar-refractivity contribution in [2.24, 2.45) is 0 Å². The van der Waals surface area contributed by atoms with Crippen molar-refractivity contribution >= 4 is 11.6 Å². The Hall–Kier alpha value is -1.65. The van der Waals surface area contributed by atoms with Gasteiger partial charge in [-0.25, -0.2) is 4.98 Å². The SMILES string of the molecule is CCCc1nc2c(c(=O)[nH]1)CCN(Cc1cccc(Cl)c1)C2. The van der Waals surface area contributed by atoms with Gasteiger partial charge in [0.1, 0.15) is 5.82 Å². The number of nitrogens with one attached hydrogen (secondary N) is 1. The lowest BCUT2D eigenvalue weighted by atomic mass is 10.1. The first kappa shape index (κ1) is 15.3. The first-order valence-electron chi connectivity index (χ1n) is 7.73. The number of aryl methyl sites for hydroxylation is 1. The molecule has 5 heteroatoms. The zero-order chi connectivity index (χ0) is 15.5. The monoisotopic (exact) mass is 317 g/mol. The third-order valence-corrected chi connectivity index (χ3v) is 4.22. The van der Waals surface area contributed by atoms with Gasteiger partial charge in [0.05, 0.1) is 5.69 Å². The smallest absolute Gasteiger partial charge is 0.254 e. The largest absolute Gasteiger partial charge is 0.310 e. The van der Waals surface area contributed by atoms with E-state index in [0.29, 0.717) is 0 Å². The van der Waals surface area contributed by atoms with E-state index in [-0.39, 0.29) is 5.56 Å². The van der Waals surface area contributed by atoms with Crippen molar-refractivity contribution in [1.29, 1.82) is 0 Å². The lowest BCUT2D eigenvalue weighted by Crippen LogP contribution is -2.35. The average molecular weight is 318 g/mol. The number of hydrogen-bond donors (Lipinski definition) is 1. The summed E-state index contributed by atoms with van der Waals surface area (Å²) in [5.41, 5.74) is 3.01. The number of benzene rings is 1. The van der Waals surface area contributed by atoms with Crippen LogP contribution in [0.4, 0.5) is 0 Å². The molecule has 1 aromatic heterocycles. The van der Waals surface area contributed by atoms with Crippen molar-refractivity contribution in [3.05, 3.63) is 62.3 Å². The molecule has 0 spiro atoms. The number of halogens is 1. The van der Waals surface area contributed by atoms with Gasteiger partial charge in [0.15, 0.2) is 0 Å². The van der Waals surface area contributed by atoms with Crippen LogP contribution in [0.2, 0.25) is 5.02 Å². The molecule has 4 nitrogen and oxygen atoms in total. The van der Waals surface area contributed by atoms with Crippen molar-refractivity contribution in [2.75, 3.05) is 6.54 Å². The summed E-state index contributed by atoms with van der Waals surface area (Å²) in [7, 11) is 0. The van der Waals surface area contributed by atoms with Crippen LogP contribution in [-0.2, 0) is 25.9 Å². The van der Waals surface area contributed by atoms with Crippen LogP contribution in [-0.4, -0.2) is 21.4 Å². The Kier molecular flexibility index (Phi) is 4.60. The maximum absolute atomic E-state index is 12.1. The van der Waals surface area contributed by atoms with E-state index in [1.165, 1.54) is 5.56 Å². The lowest BCUT2D eigenvalue weighted by molar-refractivity contribution is 0.240. The maximum Gasteiger partial charge on any atom is 0.254 e. The van der Waals surface area contributed by atoms with Gasteiger partial charge in [0, 0.05) is 36.6 Å². The van der Waals surface area contributed by atoms with Gasteiger partial charge >= 0.3 is 0 Å². The topological polar surface area (TPSA) is 49.0 Å². The molecule has 0 amide bonds. The van der Waals surface area contributed by atoms with Gasteiger partial charge in [-0.1, -0.05) is 30.7 Å². The first-order valence-corrected chi connectivity index (χ1v) is 8.11. The molecule has 0 fully saturated rings. The fourth-order valence-electron chi connectivity index (χ4n) is 2.93. The van der Waals surface area contributed by atoms with Crippen LogP contribution in [0.3, 0.4) is 0 Å². The van der Waals surface area contributed by atoms with Crippen molar-refractivity contribution in [3.63, 3.8) is 0 Å². The first-order chi connectivity index (χ1) is 10.7. The Balaban J connectivity index is 1.79. The predicted octanol–water partition coefficient (Wildman–Crippen LogP) is 2.93. The van der Waals surface area contributed by atoms with Gasteiger partial charge < -0.3 is 4.98 Å². The van der Waals surface area contributed by atoms with Gasteiger partial charge in [-0.2, -0.15) is 0 Å². The summed E-state index contributed by atoms with van der Waals surface area (Å²) in [5.74, 6) is 0.802. The van der Waals surface area contributed by atoms with Gasteiger partial charge in [-0.15, -0.1) is 0 Å². The van der Waals surface area contributed by atoms with E-state index in [1.807, 2.05) is 18.2 Å². The van der Waals surface area contributed by atoms with Gasteiger partial charge in [0.25, 0.3) is 5.56 Å². The molecule has 1 N–H and O–H groups in total. The quantitative estimate of drug-likeness (QED) is 0.943. The molecule has 0 saturated heterocycles. The van der Waals surface area contributed by atoms with Crippen LogP contribution >= 0.6 is 11.6 Å². The maximum atomic E-state index is 12.1. The van der Waals surface area contributed by atoms with E-state index in [2.05, 4.69) is 27.9 Å². The average Bonchev–Trinajstić information content (AvgIpc) is 2.47. The normalized spacial score (nSPS) is 14.8. The summed E-state index contributed by atoms with van der Waals surface area (Å²) in [4.78, 5) is 22.0. The standard InChI is InChI=1S/C17H20ClN3O/c1-2-4-16-19-15-11-21(8-7-14(15)17(22)20-16)10-12-5-3-6-13(18)9-12/h3,5-6,9H,2,4,7-8,10-11H2,1H3,(H,19,20,22). The Bertz CT molecular complexity index is 726. The Morgan fingerprint density at radius 3 is 3.05 bits per heavy atom. The molecule has 3 rings (SSSR count). The summed E-state index contributed by atoms with van der Waals surface area (Å²) in [5, 5.41) is 0.759. The molecule has 0 radical (unpaired) electrons. The van der Waals surface area contributed by atoms with E-state index < -0.39 is 0 Å². The number of hydrogen-bond acceptors (Lipinski definition) is 3. The highest BCUT2D eigenvalue weighted by Crippen LogP contribution is 2.18. The number of H-pyrrole nitrogens is 1.